The molecule has 0 bridgehead atoms. The first kappa shape index (κ1) is 9.92. The van der Waals surface area contributed by atoms with E-state index in [1.807, 2.05) is 28.7 Å². The van der Waals surface area contributed by atoms with Gasteiger partial charge in [0.05, 0.1) is 20.1 Å². The quantitative estimate of drug-likeness (QED) is 0.452. The Kier molecular flexibility index (Phi) is 2.83. The maximum atomic E-state index is 10.6. The minimum Gasteiger partial charge on any atom is -0.258 e. The highest BCUT2D eigenvalue weighted by molar-refractivity contribution is 14.1. The molecule has 0 heterocycles. The second-order valence-electron chi connectivity index (χ2n) is 2.49. The van der Waals surface area contributed by atoms with Crippen LogP contribution in [0.2, 0.25) is 0 Å². The Morgan fingerprint density at radius 3 is 2.62 bits per heavy atom. The molecule has 5 heteroatoms. The first-order valence-electron chi connectivity index (χ1n) is 3.41. The van der Waals surface area contributed by atoms with Crippen LogP contribution in [-0.4, -0.2) is 4.92 Å². The van der Waals surface area contributed by atoms with Gasteiger partial charge < -0.3 is 0 Å². The fourth-order valence-electron chi connectivity index (χ4n) is 1.03. The predicted molar refractivity (Wildman–Crippen MR) is 55.3 cm³/mol. The van der Waals surface area contributed by atoms with Gasteiger partial charge in [0.15, 0.2) is 0 Å². The lowest BCUT2D eigenvalue weighted by atomic mass is 10.1. The fraction of sp³-hybridized carbons (Fsp3) is 0.125. The van der Waals surface area contributed by atoms with Gasteiger partial charge in [-0.1, -0.05) is 0 Å². The smallest absolute Gasteiger partial charge is 0.258 e. The van der Waals surface area contributed by atoms with Crippen molar-refractivity contribution in [3.05, 3.63) is 36.9 Å². The predicted octanol–water partition coefficient (Wildman–Crippen LogP) is 2.38. The number of halogens is 1. The molecule has 0 atom stereocenters. The Balaban J connectivity index is 3.42. The number of nitro groups is 1. The van der Waals surface area contributed by atoms with E-state index < -0.39 is 4.92 Å². The first-order chi connectivity index (χ1) is 6.06. The van der Waals surface area contributed by atoms with Crippen LogP contribution in [0.3, 0.4) is 0 Å². The van der Waals surface area contributed by atoms with E-state index in [9.17, 15) is 10.1 Å². The molecule has 0 fully saturated rings. The van der Waals surface area contributed by atoms with Crippen LogP contribution in [0.1, 0.15) is 11.1 Å². The molecule has 0 aliphatic carbocycles. The molecule has 13 heavy (non-hydrogen) atoms. The van der Waals surface area contributed by atoms with Crippen molar-refractivity contribution in [2.24, 2.45) is 0 Å². The van der Waals surface area contributed by atoms with Crippen LogP contribution in [0.4, 0.5) is 5.69 Å². The van der Waals surface area contributed by atoms with Crippen LogP contribution in [-0.2, 0) is 0 Å². The molecule has 0 saturated carbocycles. The van der Waals surface area contributed by atoms with Crippen molar-refractivity contribution in [3.63, 3.8) is 0 Å². The summed E-state index contributed by atoms with van der Waals surface area (Å²) in [5, 5.41) is 19.2. The number of rotatable bonds is 1. The second kappa shape index (κ2) is 3.70. The van der Waals surface area contributed by atoms with Crippen LogP contribution in [0.15, 0.2) is 12.1 Å². The molecule has 1 aromatic rings. The highest BCUT2D eigenvalue weighted by Gasteiger charge is 2.16. The third kappa shape index (κ3) is 1.95. The second-order valence-corrected chi connectivity index (χ2v) is 3.65. The number of nitriles is 1. The van der Waals surface area contributed by atoms with E-state index in [1.165, 1.54) is 12.1 Å². The van der Waals surface area contributed by atoms with Gasteiger partial charge in [0.1, 0.15) is 0 Å². The molecule has 0 radical (unpaired) electrons. The van der Waals surface area contributed by atoms with E-state index in [0.717, 1.165) is 0 Å². The van der Waals surface area contributed by atoms with Crippen molar-refractivity contribution >= 4 is 28.3 Å². The van der Waals surface area contributed by atoms with Gasteiger partial charge in [0.2, 0.25) is 0 Å². The van der Waals surface area contributed by atoms with E-state index >= 15 is 0 Å². The van der Waals surface area contributed by atoms with Gasteiger partial charge in [-0.05, 0) is 41.6 Å². The average molecular weight is 288 g/mol. The number of hydrogen-bond donors (Lipinski definition) is 0. The van der Waals surface area contributed by atoms with E-state index in [-0.39, 0.29) is 5.69 Å². The minimum absolute atomic E-state index is 0.0830. The maximum Gasteiger partial charge on any atom is 0.285 e. The van der Waals surface area contributed by atoms with Crippen molar-refractivity contribution in [1.29, 1.82) is 5.26 Å². The summed E-state index contributed by atoms with van der Waals surface area (Å²) >= 11 is 1.86. The summed E-state index contributed by atoms with van der Waals surface area (Å²) < 4.78 is 0.499. The summed E-state index contributed by atoms with van der Waals surface area (Å²) in [5.74, 6) is 0. The van der Waals surface area contributed by atoms with Crippen molar-refractivity contribution in [3.8, 4) is 6.07 Å². The molecule has 4 nitrogen and oxygen atoms in total. The lowest BCUT2D eigenvalue weighted by Gasteiger charge is -1.99. The number of hydrogen-bond acceptors (Lipinski definition) is 3. The molecule has 0 saturated heterocycles. The summed E-state index contributed by atoms with van der Waals surface area (Å²) in [6.07, 6.45) is 0. The largest absolute Gasteiger partial charge is 0.285 e. The molecule has 0 unspecified atom stereocenters. The highest BCUT2D eigenvalue weighted by atomic mass is 127. The molecule has 0 amide bonds. The zero-order valence-electron chi connectivity index (χ0n) is 6.74. The molecule has 0 N–H and O–H groups in total. The minimum atomic E-state index is -0.432. The molecule has 0 aliphatic rings. The van der Waals surface area contributed by atoms with Gasteiger partial charge in [-0.3, -0.25) is 10.1 Å². The van der Waals surface area contributed by atoms with Gasteiger partial charge in [0.25, 0.3) is 5.69 Å². The third-order valence-electron chi connectivity index (χ3n) is 1.57. The monoisotopic (exact) mass is 288 g/mol. The fourth-order valence-corrected chi connectivity index (χ4v) is 1.99. The number of nitro benzene ring substituents is 1. The van der Waals surface area contributed by atoms with Crippen LogP contribution in [0.25, 0.3) is 0 Å². The van der Waals surface area contributed by atoms with Crippen LogP contribution >= 0.6 is 22.6 Å². The van der Waals surface area contributed by atoms with Crippen molar-refractivity contribution < 1.29 is 4.92 Å². The third-order valence-corrected chi connectivity index (χ3v) is 2.39. The normalized spacial score (nSPS) is 9.31. The summed E-state index contributed by atoms with van der Waals surface area (Å²) in [7, 11) is 0. The number of aryl methyl sites for hydroxylation is 1. The summed E-state index contributed by atoms with van der Waals surface area (Å²) in [6, 6.07) is 4.97. The number of nitrogens with zero attached hydrogens (tertiary/aromatic N) is 2. The molecular formula is C8H5IN2O2. The van der Waals surface area contributed by atoms with Gasteiger partial charge >= 0.3 is 0 Å². The summed E-state index contributed by atoms with van der Waals surface area (Å²) in [6.45, 7) is 1.63. The zero-order valence-corrected chi connectivity index (χ0v) is 8.90. The average Bonchev–Trinajstić information content (AvgIpc) is 2.02. The molecule has 0 spiro atoms. The Morgan fingerprint density at radius 2 is 2.23 bits per heavy atom. The van der Waals surface area contributed by atoms with Crippen molar-refractivity contribution in [2.75, 3.05) is 0 Å². The Labute approximate surface area is 88.5 Å². The zero-order chi connectivity index (χ0) is 10.0. The van der Waals surface area contributed by atoms with E-state index in [0.29, 0.717) is 14.7 Å². The van der Waals surface area contributed by atoms with Gasteiger partial charge in [-0.15, -0.1) is 0 Å². The Bertz CT molecular complexity index is 386. The molecular weight excluding hydrogens is 283 g/mol. The Morgan fingerprint density at radius 1 is 1.62 bits per heavy atom. The first-order valence-corrected chi connectivity index (χ1v) is 4.48. The SMILES string of the molecule is Cc1cc(C#N)cc(I)c1[N+](=O)[O-]. The molecule has 0 aromatic heterocycles. The molecule has 1 rings (SSSR count). The summed E-state index contributed by atoms with van der Waals surface area (Å²) in [4.78, 5) is 10.1. The standard InChI is InChI=1S/C8H5IN2O2/c1-5-2-6(4-10)3-7(9)8(5)11(12)13/h2-3H,1H3. The van der Waals surface area contributed by atoms with Crippen molar-refractivity contribution in [1.82, 2.24) is 0 Å². The topological polar surface area (TPSA) is 66.9 Å². The van der Waals surface area contributed by atoms with Crippen molar-refractivity contribution in [2.45, 2.75) is 6.92 Å². The maximum absolute atomic E-state index is 10.6. The van der Waals surface area contributed by atoms with Crippen LogP contribution in [0, 0.1) is 31.9 Å². The van der Waals surface area contributed by atoms with Crippen LogP contribution in [0.5, 0.6) is 0 Å². The molecule has 1 aromatic carbocycles. The van der Waals surface area contributed by atoms with Crippen LogP contribution < -0.4 is 0 Å². The van der Waals surface area contributed by atoms with E-state index in [1.54, 1.807) is 6.92 Å². The lowest BCUT2D eigenvalue weighted by molar-refractivity contribution is -0.386. The van der Waals surface area contributed by atoms with Gasteiger partial charge in [-0.25, -0.2) is 0 Å². The molecule has 0 aliphatic heterocycles. The molecule has 66 valence electrons. The van der Waals surface area contributed by atoms with Gasteiger partial charge in [-0.2, -0.15) is 5.26 Å². The Hall–Kier alpha value is -1.16. The van der Waals surface area contributed by atoms with E-state index in [4.69, 9.17) is 5.26 Å². The lowest BCUT2D eigenvalue weighted by Crippen LogP contribution is -1.95. The number of benzene rings is 1. The van der Waals surface area contributed by atoms with Gasteiger partial charge in [0, 0.05) is 5.56 Å². The highest BCUT2D eigenvalue weighted by Crippen LogP contribution is 2.26. The summed E-state index contributed by atoms with van der Waals surface area (Å²) in [5.41, 5.74) is 1.06. The van der Waals surface area contributed by atoms with E-state index in [2.05, 4.69) is 0 Å².